The third-order valence-corrected chi connectivity index (χ3v) is 5.26. The van der Waals surface area contributed by atoms with Gasteiger partial charge >= 0.3 is 11.9 Å². The van der Waals surface area contributed by atoms with Crippen LogP contribution in [0.25, 0.3) is 0 Å². The molecule has 1 fully saturated rings. The van der Waals surface area contributed by atoms with Gasteiger partial charge in [-0.2, -0.15) is 0 Å². The van der Waals surface area contributed by atoms with Crippen LogP contribution >= 0.6 is 0 Å². The number of Topliss-reactive ketones (excluding diaryl/α,β-unsaturated/α-hetero) is 1. The monoisotopic (exact) mass is 464 g/mol. The number of carbonyl (C=O) groups is 3. The summed E-state index contributed by atoms with van der Waals surface area (Å²) in [6.07, 6.45) is -0.409. The molecule has 0 radical (unpaired) electrons. The van der Waals surface area contributed by atoms with Gasteiger partial charge in [-0.1, -0.05) is 6.07 Å². The maximum atomic E-state index is 13.3. The van der Waals surface area contributed by atoms with Crippen LogP contribution in [0.1, 0.15) is 73.3 Å². The molecular weight excluding hydrogens is 428 g/mol. The van der Waals surface area contributed by atoms with Crippen LogP contribution in [0.15, 0.2) is 18.2 Å². The Morgan fingerprint density at radius 1 is 1.06 bits per heavy atom. The lowest BCUT2D eigenvalue weighted by Gasteiger charge is -2.44. The summed E-state index contributed by atoms with van der Waals surface area (Å²) in [5.41, 5.74) is -3.12. The van der Waals surface area contributed by atoms with Crippen LogP contribution in [0, 0.1) is 11.8 Å². The van der Waals surface area contributed by atoms with Crippen LogP contribution in [0.3, 0.4) is 0 Å². The van der Waals surface area contributed by atoms with Crippen molar-refractivity contribution in [2.24, 2.45) is 11.8 Å². The topological polar surface area (TPSA) is 119 Å². The molecule has 0 spiro atoms. The van der Waals surface area contributed by atoms with E-state index in [1.54, 1.807) is 48.5 Å². The molecule has 8 nitrogen and oxygen atoms in total. The highest BCUT2D eigenvalue weighted by Crippen LogP contribution is 2.48. The van der Waals surface area contributed by atoms with Crippen molar-refractivity contribution >= 4 is 17.7 Å². The average Bonchev–Trinajstić information content (AvgIpc) is 2.59. The Morgan fingerprint density at radius 2 is 1.61 bits per heavy atom. The number of aliphatic hydroxyl groups is 1. The largest absolute Gasteiger partial charge is 0.504 e. The molecule has 0 aliphatic heterocycles. The van der Waals surface area contributed by atoms with E-state index < -0.39 is 58.7 Å². The number of phenols is 1. The van der Waals surface area contributed by atoms with E-state index in [1.807, 2.05) is 0 Å². The van der Waals surface area contributed by atoms with Crippen LogP contribution in [0.4, 0.5) is 0 Å². The lowest BCUT2D eigenvalue weighted by atomic mass is 9.61. The molecule has 184 valence electrons. The Balaban J connectivity index is 2.71. The molecule has 0 unspecified atom stereocenters. The highest BCUT2D eigenvalue weighted by atomic mass is 16.6. The van der Waals surface area contributed by atoms with Gasteiger partial charge in [0.15, 0.2) is 17.3 Å². The van der Waals surface area contributed by atoms with Crippen LogP contribution < -0.4 is 4.74 Å². The lowest BCUT2D eigenvalue weighted by molar-refractivity contribution is -0.182. The number of hydrogen-bond acceptors (Lipinski definition) is 8. The minimum atomic E-state index is -1.77. The first kappa shape index (κ1) is 26.6. The Labute approximate surface area is 195 Å². The van der Waals surface area contributed by atoms with Gasteiger partial charge in [-0.05, 0) is 73.1 Å². The second-order valence-corrected chi connectivity index (χ2v) is 10.7. The van der Waals surface area contributed by atoms with Crippen molar-refractivity contribution in [1.82, 2.24) is 0 Å². The Bertz CT molecular complexity index is 904. The average molecular weight is 465 g/mol. The van der Waals surface area contributed by atoms with Crippen LogP contribution in [0.2, 0.25) is 0 Å². The number of ether oxygens (including phenoxy) is 3. The number of hydrogen-bond donors (Lipinski definition) is 2. The molecule has 1 saturated carbocycles. The molecular formula is C25H36O8. The molecule has 1 aliphatic rings. The third-order valence-electron chi connectivity index (χ3n) is 5.26. The van der Waals surface area contributed by atoms with Crippen molar-refractivity contribution in [2.45, 2.75) is 84.5 Å². The minimum absolute atomic E-state index is 0.128. The number of rotatable bonds is 5. The maximum absolute atomic E-state index is 13.3. The van der Waals surface area contributed by atoms with Crippen molar-refractivity contribution in [3.63, 3.8) is 0 Å². The zero-order chi connectivity index (χ0) is 25.4. The first-order valence-corrected chi connectivity index (χ1v) is 11.1. The predicted molar refractivity (Wildman–Crippen MR) is 121 cm³/mol. The molecule has 0 bridgehead atoms. The van der Waals surface area contributed by atoms with Gasteiger partial charge in [0.05, 0.1) is 18.1 Å². The van der Waals surface area contributed by atoms with Gasteiger partial charge < -0.3 is 24.4 Å². The molecule has 1 aliphatic carbocycles. The summed E-state index contributed by atoms with van der Waals surface area (Å²) in [4.78, 5) is 39.7. The quantitative estimate of drug-likeness (QED) is 0.502. The second-order valence-electron chi connectivity index (χ2n) is 10.7. The highest BCUT2D eigenvalue weighted by Gasteiger charge is 2.58. The molecule has 0 aromatic heterocycles. The molecule has 0 saturated heterocycles. The van der Waals surface area contributed by atoms with Gasteiger partial charge in [0.1, 0.15) is 17.1 Å². The third kappa shape index (κ3) is 6.47. The fourth-order valence-corrected chi connectivity index (χ4v) is 4.16. The fraction of sp³-hybridized carbons (Fsp3) is 0.640. The standard InChI is InChI=1S/C25H36O8/c1-9-31-17-12-14(10-11-15(17)26)18-19(21(28)32-23(2,3)4)16(27)13-25(8,30)20(18)22(29)33-24(5,6)7/h10-12,18-20,26,30H,9,13H2,1-8H3/t18-,19-,20+,25+/m1/s1. The van der Waals surface area contributed by atoms with Crippen molar-refractivity contribution in [3.05, 3.63) is 23.8 Å². The summed E-state index contributed by atoms with van der Waals surface area (Å²) in [6, 6.07) is 4.35. The summed E-state index contributed by atoms with van der Waals surface area (Å²) in [5, 5.41) is 21.4. The molecule has 33 heavy (non-hydrogen) atoms. The molecule has 2 rings (SSSR count). The number of phenolic OH excluding ortho intramolecular Hbond substituents is 1. The Kier molecular flexibility index (Phi) is 7.53. The van der Waals surface area contributed by atoms with Gasteiger partial charge in [-0.3, -0.25) is 14.4 Å². The summed E-state index contributed by atoms with van der Waals surface area (Å²) in [7, 11) is 0. The van der Waals surface area contributed by atoms with Gasteiger partial charge in [0.2, 0.25) is 0 Å². The minimum Gasteiger partial charge on any atom is -0.504 e. The summed E-state index contributed by atoms with van der Waals surface area (Å²) in [6.45, 7) is 13.5. The highest BCUT2D eigenvalue weighted by molar-refractivity contribution is 6.03. The zero-order valence-corrected chi connectivity index (χ0v) is 20.7. The Hall–Kier alpha value is -2.61. The lowest BCUT2D eigenvalue weighted by Crippen LogP contribution is -2.56. The molecule has 1 aromatic rings. The molecule has 2 N–H and O–H groups in total. The fourth-order valence-electron chi connectivity index (χ4n) is 4.16. The molecule has 1 aromatic carbocycles. The summed E-state index contributed by atoms with van der Waals surface area (Å²) < 4.78 is 16.6. The van der Waals surface area contributed by atoms with E-state index in [4.69, 9.17) is 14.2 Å². The van der Waals surface area contributed by atoms with Crippen LogP contribution in [-0.4, -0.2) is 51.3 Å². The number of carbonyl (C=O) groups excluding carboxylic acids is 3. The van der Waals surface area contributed by atoms with E-state index >= 15 is 0 Å². The van der Waals surface area contributed by atoms with E-state index in [9.17, 15) is 24.6 Å². The van der Waals surface area contributed by atoms with Gasteiger partial charge in [-0.15, -0.1) is 0 Å². The van der Waals surface area contributed by atoms with Crippen molar-refractivity contribution < 1.29 is 38.8 Å². The predicted octanol–water partition coefficient (Wildman–Crippen LogP) is 3.51. The number of aromatic hydroxyl groups is 1. The van der Waals surface area contributed by atoms with Gasteiger partial charge in [-0.25, -0.2) is 0 Å². The Morgan fingerprint density at radius 3 is 2.12 bits per heavy atom. The SMILES string of the molecule is CCOc1cc([C@@H]2[C@H](C(=O)OC(C)(C)C)C(=O)C[C@](C)(O)[C@@H]2C(=O)OC(C)(C)C)ccc1O. The van der Waals surface area contributed by atoms with E-state index in [1.165, 1.54) is 25.1 Å². The first-order valence-electron chi connectivity index (χ1n) is 11.1. The normalized spacial score (nSPS) is 26.0. The maximum Gasteiger partial charge on any atom is 0.317 e. The van der Waals surface area contributed by atoms with Gasteiger partial charge in [0.25, 0.3) is 0 Å². The van der Waals surface area contributed by atoms with Crippen molar-refractivity contribution in [2.75, 3.05) is 6.61 Å². The van der Waals surface area contributed by atoms with E-state index in [0.29, 0.717) is 5.56 Å². The van der Waals surface area contributed by atoms with Crippen molar-refractivity contribution in [3.8, 4) is 11.5 Å². The molecule has 4 atom stereocenters. The summed E-state index contributed by atoms with van der Waals surface area (Å²) >= 11 is 0. The van der Waals surface area contributed by atoms with Crippen molar-refractivity contribution in [1.29, 1.82) is 0 Å². The number of esters is 2. The number of ketones is 1. The summed E-state index contributed by atoms with van der Waals surface area (Å²) in [5.74, 6) is -5.73. The second kappa shape index (κ2) is 9.33. The molecule has 0 amide bonds. The first-order chi connectivity index (χ1) is 15.0. The molecule has 0 heterocycles. The van der Waals surface area contributed by atoms with E-state index in [2.05, 4.69) is 0 Å². The van der Waals surface area contributed by atoms with E-state index in [-0.39, 0.29) is 18.1 Å². The van der Waals surface area contributed by atoms with E-state index in [0.717, 1.165) is 0 Å². The van der Waals surface area contributed by atoms with Crippen LogP contribution in [0.5, 0.6) is 11.5 Å². The van der Waals surface area contributed by atoms with Gasteiger partial charge in [0, 0.05) is 12.3 Å². The number of benzene rings is 1. The zero-order valence-electron chi connectivity index (χ0n) is 20.7. The molecule has 8 heteroatoms. The smallest absolute Gasteiger partial charge is 0.317 e. The van der Waals surface area contributed by atoms with Crippen LogP contribution in [-0.2, 0) is 23.9 Å².